The monoisotopic (exact) mass is 469 g/mol. The Bertz CT molecular complexity index is 1290. The molecule has 2 aromatic carbocycles. The largest absolute Gasteiger partial charge is 0.381 e. The lowest BCUT2D eigenvalue weighted by Gasteiger charge is -2.38. The van der Waals surface area contributed by atoms with Gasteiger partial charge in [0.15, 0.2) is 4.77 Å². The second-order valence-electron chi connectivity index (χ2n) is 7.98. The summed E-state index contributed by atoms with van der Waals surface area (Å²) < 4.78 is 7.30. The van der Waals surface area contributed by atoms with Crippen LogP contribution in [0.4, 0.5) is 0 Å². The zero-order valence-corrected chi connectivity index (χ0v) is 19.1. The van der Waals surface area contributed by atoms with Gasteiger partial charge in [0.05, 0.1) is 10.9 Å². The molecule has 1 aliphatic heterocycles. The number of fused-ring (bicyclic) bond motifs is 1. The molecule has 0 bridgehead atoms. The van der Waals surface area contributed by atoms with Crippen LogP contribution < -0.4 is 10.9 Å². The molecule has 0 aliphatic carbocycles. The highest BCUT2D eigenvalue weighted by Gasteiger charge is 2.35. The number of hydrogen-bond acceptors (Lipinski definition) is 4. The Morgan fingerprint density at radius 2 is 2.06 bits per heavy atom. The van der Waals surface area contributed by atoms with Crippen molar-refractivity contribution in [3.63, 3.8) is 0 Å². The van der Waals surface area contributed by atoms with Crippen LogP contribution in [0, 0.1) is 4.77 Å². The first-order chi connectivity index (χ1) is 15.4. The maximum Gasteiger partial charge on any atom is 0.262 e. The Balaban J connectivity index is 1.60. The van der Waals surface area contributed by atoms with Gasteiger partial charge in [-0.05, 0) is 61.0 Å². The Morgan fingerprint density at radius 3 is 2.78 bits per heavy atom. The van der Waals surface area contributed by atoms with Crippen LogP contribution in [0.1, 0.15) is 28.8 Å². The van der Waals surface area contributed by atoms with Gasteiger partial charge in [0, 0.05) is 42.3 Å². The van der Waals surface area contributed by atoms with Crippen molar-refractivity contribution in [3.05, 3.63) is 86.4 Å². The van der Waals surface area contributed by atoms with E-state index in [2.05, 4.69) is 16.9 Å². The van der Waals surface area contributed by atoms with Gasteiger partial charge in [0.1, 0.15) is 0 Å². The Labute approximate surface area is 195 Å². The molecule has 0 saturated carbocycles. The molecule has 6 nitrogen and oxygen atoms in total. The Hall–Kier alpha value is -2.74. The van der Waals surface area contributed by atoms with Crippen molar-refractivity contribution in [2.24, 2.45) is 0 Å². The fourth-order valence-corrected chi connectivity index (χ4v) is 4.65. The molecule has 3 aromatic rings. The van der Waals surface area contributed by atoms with Crippen LogP contribution in [0.5, 0.6) is 0 Å². The summed E-state index contributed by atoms with van der Waals surface area (Å²) in [6, 6.07) is 12.8. The van der Waals surface area contributed by atoms with Gasteiger partial charge in [0.2, 0.25) is 0 Å². The first kappa shape index (κ1) is 22.5. The maximum absolute atomic E-state index is 13.0. The number of aromatic nitrogens is 2. The molecule has 4 rings (SSSR count). The molecule has 0 unspecified atom stereocenters. The number of allylic oxidation sites excluding steroid dienone is 1. The van der Waals surface area contributed by atoms with E-state index in [4.69, 9.17) is 28.6 Å². The van der Waals surface area contributed by atoms with Crippen LogP contribution in [-0.4, -0.2) is 35.2 Å². The molecular formula is C24H24ClN3O3S. The van der Waals surface area contributed by atoms with E-state index in [9.17, 15) is 9.59 Å². The number of carbonyl (C=O) groups excluding carboxylic acids is 1. The van der Waals surface area contributed by atoms with E-state index in [0.717, 1.165) is 18.4 Å². The predicted octanol–water partition coefficient (Wildman–Crippen LogP) is 4.38. The number of carbonyl (C=O) groups is 1. The summed E-state index contributed by atoms with van der Waals surface area (Å²) in [6.07, 6.45) is 3.20. The van der Waals surface area contributed by atoms with Gasteiger partial charge in [-0.1, -0.05) is 29.8 Å². The van der Waals surface area contributed by atoms with E-state index in [0.29, 0.717) is 52.6 Å². The van der Waals surface area contributed by atoms with Crippen molar-refractivity contribution in [2.45, 2.75) is 24.8 Å². The number of H-pyrrole nitrogens is 1. The first-order valence-corrected chi connectivity index (χ1v) is 11.2. The third-order valence-electron chi connectivity index (χ3n) is 6.03. The van der Waals surface area contributed by atoms with Gasteiger partial charge >= 0.3 is 0 Å². The molecule has 0 atom stereocenters. The van der Waals surface area contributed by atoms with Crippen molar-refractivity contribution < 1.29 is 9.53 Å². The van der Waals surface area contributed by atoms with Crippen molar-refractivity contribution in [3.8, 4) is 0 Å². The Kier molecular flexibility index (Phi) is 6.60. The summed E-state index contributed by atoms with van der Waals surface area (Å²) in [4.78, 5) is 28.7. The number of nitrogens with zero attached hydrogens (tertiary/aromatic N) is 1. The second-order valence-corrected chi connectivity index (χ2v) is 8.80. The van der Waals surface area contributed by atoms with Gasteiger partial charge in [-0.15, -0.1) is 6.58 Å². The highest BCUT2D eigenvalue weighted by atomic mass is 35.5. The molecule has 1 saturated heterocycles. The van der Waals surface area contributed by atoms with Crippen molar-refractivity contribution in [2.75, 3.05) is 19.8 Å². The molecule has 1 amide bonds. The molecule has 0 radical (unpaired) electrons. The van der Waals surface area contributed by atoms with Crippen LogP contribution >= 0.6 is 23.8 Å². The van der Waals surface area contributed by atoms with E-state index >= 15 is 0 Å². The quantitative estimate of drug-likeness (QED) is 0.415. The van der Waals surface area contributed by atoms with Crippen LogP contribution in [0.25, 0.3) is 10.9 Å². The number of halogens is 1. The van der Waals surface area contributed by atoms with Crippen LogP contribution in [-0.2, 0) is 16.7 Å². The topological polar surface area (TPSA) is 76.1 Å². The number of benzene rings is 2. The highest BCUT2D eigenvalue weighted by Crippen LogP contribution is 2.35. The SMILES string of the molecule is C=CCn1c(=S)[nH]c2cc(C(=O)NCC3(c4cccc(Cl)c4)CCOCC3)ccc2c1=O. The highest BCUT2D eigenvalue weighted by molar-refractivity contribution is 7.71. The number of rotatable bonds is 6. The van der Waals surface area contributed by atoms with E-state index in [1.165, 1.54) is 4.57 Å². The zero-order chi connectivity index (χ0) is 22.7. The normalized spacial score (nSPS) is 15.4. The lowest BCUT2D eigenvalue weighted by Crippen LogP contribution is -2.44. The lowest BCUT2D eigenvalue weighted by molar-refractivity contribution is 0.0487. The summed E-state index contributed by atoms with van der Waals surface area (Å²) in [7, 11) is 0. The molecule has 1 aliphatic rings. The number of ether oxygens (including phenoxy) is 1. The van der Waals surface area contributed by atoms with E-state index < -0.39 is 0 Å². The average Bonchev–Trinajstić information content (AvgIpc) is 2.80. The average molecular weight is 470 g/mol. The summed E-state index contributed by atoms with van der Waals surface area (Å²) in [5, 5.41) is 4.22. The zero-order valence-electron chi connectivity index (χ0n) is 17.5. The van der Waals surface area contributed by atoms with Crippen LogP contribution in [0.15, 0.2) is 59.9 Å². The van der Waals surface area contributed by atoms with E-state index in [-0.39, 0.29) is 16.9 Å². The van der Waals surface area contributed by atoms with Crippen LogP contribution in [0.3, 0.4) is 0 Å². The van der Waals surface area contributed by atoms with Gasteiger partial charge in [0.25, 0.3) is 11.5 Å². The molecule has 166 valence electrons. The van der Waals surface area contributed by atoms with Crippen LogP contribution in [0.2, 0.25) is 5.02 Å². The minimum atomic E-state index is -0.242. The fraction of sp³-hybridized carbons (Fsp3) is 0.292. The minimum absolute atomic E-state index is 0.210. The molecule has 0 spiro atoms. The molecule has 2 heterocycles. The smallest absolute Gasteiger partial charge is 0.262 e. The van der Waals surface area contributed by atoms with E-state index in [1.807, 2.05) is 24.3 Å². The van der Waals surface area contributed by atoms with Gasteiger partial charge in [-0.25, -0.2) is 0 Å². The lowest BCUT2D eigenvalue weighted by atomic mass is 9.74. The standard InChI is InChI=1S/C24H24ClN3O3S/c1-2-10-28-22(30)19-7-6-16(13-20(19)27-23(28)32)21(29)26-15-24(8-11-31-12-9-24)17-4-3-5-18(25)14-17/h2-7,13-14H,1,8-12,15H2,(H,26,29)(H,27,32). The van der Waals surface area contributed by atoms with E-state index in [1.54, 1.807) is 24.3 Å². The molecule has 1 aromatic heterocycles. The third kappa shape index (κ3) is 4.41. The maximum atomic E-state index is 13.0. The number of hydrogen-bond donors (Lipinski definition) is 2. The predicted molar refractivity (Wildman–Crippen MR) is 129 cm³/mol. The third-order valence-corrected chi connectivity index (χ3v) is 6.59. The van der Waals surface area contributed by atoms with Crippen molar-refractivity contribution >= 4 is 40.6 Å². The van der Waals surface area contributed by atoms with Gasteiger partial charge < -0.3 is 15.0 Å². The minimum Gasteiger partial charge on any atom is -0.381 e. The molecule has 2 N–H and O–H groups in total. The number of amides is 1. The molecule has 1 fully saturated rings. The van der Waals surface area contributed by atoms with Crippen molar-refractivity contribution in [1.29, 1.82) is 0 Å². The summed E-state index contributed by atoms with van der Waals surface area (Å²) >= 11 is 11.5. The Morgan fingerprint density at radius 1 is 1.28 bits per heavy atom. The number of aromatic amines is 1. The fourth-order valence-electron chi connectivity index (χ4n) is 4.19. The first-order valence-electron chi connectivity index (χ1n) is 10.4. The summed E-state index contributed by atoms with van der Waals surface area (Å²) in [5.74, 6) is -0.214. The summed E-state index contributed by atoms with van der Waals surface area (Å²) in [6.45, 7) is 5.70. The van der Waals surface area contributed by atoms with Gasteiger partial charge in [-0.2, -0.15) is 0 Å². The molecular weight excluding hydrogens is 446 g/mol. The second kappa shape index (κ2) is 9.40. The summed E-state index contributed by atoms with van der Waals surface area (Å²) in [5.41, 5.74) is 1.63. The van der Waals surface area contributed by atoms with Crippen molar-refractivity contribution in [1.82, 2.24) is 14.9 Å². The molecule has 8 heteroatoms. The van der Waals surface area contributed by atoms with Gasteiger partial charge in [-0.3, -0.25) is 14.2 Å². The number of nitrogens with one attached hydrogen (secondary N) is 2. The molecule has 32 heavy (non-hydrogen) atoms.